The molecular formula is C23H36O2. The molecule has 1 aromatic rings. The minimum atomic E-state index is 0.277. The van der Waals surface area contributed by atoms with Gasteiger partial charge >= 0.3 is 0 Å². The van der Waals surface area contributed by atoms with E-state index in [1.165, 1.54) is 57.8 Å². The van der Waals surface area contributed by atoms with Gasteiger partial charge in [0.15, 0.2) is 5.78 Å². The van der Waals surface area contributed by atoms with Gasteiger partial charge in [0.1, 0.15) is 5.78 Å². The molecule has 2 nitrogen and oxygen atoms in total. The van der Waals surface area contributed by atoms with Gasteiger partial charge in [-0.15, -0.1) is 0 Å². The first kappa shape index (κ1) is 21.6. The van der Waals surface area contributed by atoms with Crippen LogP contribution in [0.3, 0.4) is 0 Å². The van der Waals surface area contributed by atoms with E-state index in [0.29, 0.717) is 18.1 Å². The molecule has 1 rings (SSSR count). The van der Waals surface area contributed by atoms with Crippen LogP contribution in [0.2, 0.25) is 0 Å². The van der Waals surface area contributed by atoms with Crippen LogP contribution in [0.25, 0.3) is 0 Å². The summed E-state index contributed by atoms with van der Waals surface area (Å²) in [6.07, 6.45) is 13.9. The Morgan fingerprint density at radius 3 is 1.88 bits per heavy atom. The van der Waals surface area contributed by atoms with Gasteiger partial charge in [0.25, 0.3) is 0 Å². The summed E-state index contributed by atoms with van der Waals surface area (Å²) in [4.78, 5) is 23.0. The van der Waals surface area contributed by atoms with Crippen LogP contribution in [-0.2, 0) is 4.79 Å². The summed E-state index contributed by atoms with van der Waals surface area (Å²) < 4.78 is 0. The number of carbonyl (C=O) groups is 2. The molecular weight excluding hydrogens is 308 g/mol. The highest BCUT2D eigenvalue weighted by Crippen LogP contribution is 2.16. The third kappa shape index (κ3) is 11.7. The van der Waals surface area contributed by atoms with E-state index in [1.54, 1.807) is 6.92 Å². The SMILES string of the molecule is CC(=O)CC(C)CCCCCCCCCCCC(=O)c1ccccc1. The van der Waals surface area contributed by atoms with Crippen molar-refractivity contribution in [2.45, 2.75) is 90.9 Å². The fourth-order valence-corrected chi connectivity index (χ4v) is 3.38. The lowest BCUT2D eigenvalue weighted by atomic mass is 9.97. The largest absolute Gasteiger partial charge is 0.300 e. The molecule has 1 atom stereocenters. The topological polar surface area (TPSA) is 34.1 Å². The zero-order chi connectivity index (χ0) is 18.3. The predicted molar refractivity (Wildman–Crippen MR) is 106 cm³/mol. The van der Waals surface area contributed by atoms with E-state index in [-0.39, 0.29) is 5.78 Å². The van der Waals surface area contributed by atoms with Crippen molar-refractivity contribution in [1.29, 1.82) is 0 Å². The Labute approximate surface area is 154 Å². The van der Waals surface area contributed by atoms with Crippen molar-refractivity contribution in [2.24, 2.45) is 5.92 Å². The molecule has 0 amide bonds. The van der Waals surface area contributed by atoms with Crippen molar-refractivity contribution in [1.82, 2.24) is 0 Å². The Morgan fingerprint density at radius 1 is 0.800 bits per heavy atom. The van der Waals surface area contributed by atoms with Crippen LogP contribution in [0.1, 0.15) is 101 Å². The van der Waals surface area contributed by atoms with Crippen molar-refractivity contribution in [2.75, 3.05) is 0 Å². The zero-order valence-electron chi connectivity index (χ0n) is 16.3. The van der Waals surface area contributed by atoms with Gasteiger partial charge in [0.05, 0.1) is 0 Å². The van der Waals surface area contributed by atoms with Crippen molar-refractivity contribution in [3.05, 3.63) is 35.9 Å². The van der Waals surface area contributed by atoms with Gasteiger partial charge in [-0.3, -0.25) is 4.79 Å². The van der Waals surface area contributed by atoms with Gasteiger partial charge in [-0.1, -0.05) is 95.0 Å². The average Bonchev–Trinajstić information content (AvgIpc) is 2.59. The van der Waals surface area contributed by atoms with Crippen LogP contribution < -0.4 is 0 Å². The highest BCUT2D eigenvalue weighted by atomic mass is 16.1. The lowest BCUT2D eigenvalue weighted by molar-refractivity contribution is -0.117. The van der Waals surface area contributed by atoms with Gasteiger partial charge in [0, 0.05) is 18.4 Å². The van der Waals surface area contributed by atoms with Gasteiger partial charge in [-0.25, -0.2) is 0 Å². The third-order valence-corrected chi connectivity index (χ3v) is 4.83. The standard InChI is InChI=1S/C23H36O2/c1-20(19-21(2)24)15-11-8-6-4-3-5-7-9-14-18-23(25)22-16-12-10-13-17-22/h10,12-13,16-17,20H,3-9,11,14-15,18-19H2,1-2H3. The fourth-order valence-electron chi connectivity index (χ4n) is 3.38. The molecule has 0 bridgehead atoms. The number of rotatable bonds is 15. The van der Waals surface area contributed by atoms with E-state index in [2.05, 4.69) is 6.92 Å². The van der Waals surface area contributed by atoms with Crippen molar-refractivity contribution in [3.63, 3.8) is 0 Å². The van der Waals surface area contributed by atoms with Crippen LogP contribution in [-0.4, -0.2) is 11.6 Å². The molecule has 1 unspecified atom stereocenters. The molecule has 0 heterocycles. The number of ketones is 2. The molecule has 25 heavy (non-hydrogen) atoms. The minimum absolute atomic E-state index is 0.277. The summed E-state index contributed by atoms with van der Waals surface area (Å²) in [5.41, 5.74) is 0.847. The maximum Gasteiger partial charge on any atom is 0.162 e. The van der Waals surface area contributed by atoms with Crippen LogP contribution in [0.15, 0.2) is 30.3 Å². The van der Waals surface area contributed by atoms with Crippen molar-refractivity contribution < 1.29 is 9.59 Å². The maximum atomic E-state index is 12.0. The van der Waals surface area contributed by atoms with Crippen molar-refractivity contribution >= 4 is 11.6 Å². The molecule has 0 aliphatic heterocycles. The molecule has 0 aromatic heterocycles. The second kappa shape index (κ2) is 13.8. The molecule has 0 saturated heterocycles. The third-order valence-electron chi connectivity index (χ3n) is 4.83. The van der Waals surface area contributed by atoms with Crippen molar-refractivity contribution in [3.8, 4) is 0 Å². The van der Waals surface area contributed by atoms with Crippen LogP contribution in [0, 0.1) is 5.92 Å². The fraction of sp³-hybridized carbons (Fsp3) is 0.652. The molecule has 0 aliphatic rings. The first-order chi connectivity index (χ1) is 12.1. The summed E-state index contributed by atoms with van der Waals surface area (Å²) in [5, 5.41) is 0. The monoisotopic (exact) mass is 344 g/mol. The molecule has 1 aromatic carbocycles. The van der Waals surface area contributed by atoms with E-state index in [9.17, 15) is 9.59 Å². The Morgan fingerprint density at radius 2 is 1.32 bits per heavy atom. The van der Waals surface area contributed by atoms with Gasteiger partial charge in [-0.05, 0) is 19.3 Å². The van der Waals surface area contributed by atoms with Gasteiger partial charge < -0.3 is 4.79 Å². The second-order valence-corrected chi connectivity index (χ2v) is 7.52. The number of benzene rings is 1. The molecule has 0 fully saturated rings. The Bertz CT molecular complexity index is 478. The zero-order valence-corrected chi connectivity index (χ0v) is 16.3. The molecule has 0 spiro atoms. The van der Waals surface area contributed by atoms with Gasteiger partial charge in [0.2, 0.25) is 0 Å². The molecule has 2 heteroatoms. The Balaban J connectivity index is 1.86. The first-order valence-electron chi connectivity index (χ1n) is 10.2. The summed E-state index contributed by atoms with van der Waals surface area (Å²) in [6, 6.07) is 9.62. The minimum Gasteiger partial charge on any atom is -0.300 e. The lowest BCUT2D eigenvalue weighted by Crippen LogP contribution is -2.01. The summed E-state index contributed by atoms with van der Waals surface area (Å²) in [7, 11) is 0. The number of hydrogen-bond acceptors (Lipinski definition) is 2. The smallest absolute Gasteiger partial charge is 0.162 e. The molecule has 0 N–H and O–H groups in total. The lowest BCUT2D eigenvalue weighted by Gasteiger charge is -2.08. The normalized spacial score (nSPS) is 12.1. The Kier molecular flexibility index (Phi) is 11.9. The van der Waals surface area contributed by atoms with E-state index in [4.69, 9.17) is 0 Å². The van der Waals surface area contributed by atoms with Crippen LogP contribution in [0.4, 0.5) is 0 Å². The van der Waals surface area contributed by atoms with Crippen LogP contribution in [0.5, 0.6) is 0 Å². The van der Waals surface area contributed by atoms with Gasteiger partial charge in [-0.2, -0.15) is 0 Å². The average molecular weight is 345 g/mol. The molecule has 0 radical (unpaired) electrons. The number of hydrogen-bond donors (Lipinski definition) is 0. The summed E-state index contributed by atoms with van der Waals surface area (Å²) in [6.45, 7) is 3.87. The molecule has 140 valence electrons. The summed E-state index contributed by atoms with van der Waals surface area (Å²) in [5.74, 6) is 1.15. The number of unbranched alkanes of at least 4 members (excludes halogenated alkanes) is 8. The van der Waals surface area contributed by atoms with E-state index < -0.39 is 0 Å². The van der Waals surface area contributed by atoms with E-state index >= 15 is 0 Å². The second-order valence-electron chi connectivity index (χ2n) is 7.52. The highest BCUT2D eigenvalue weighted by molar-refractivity contribution is 5.95. The number of Topliss-reactive ketones (excluding diaryl/α,β-unsaturated/α-hetero) is 2. The quantitative estimate of drug-likeness (QED) is 0.260. The summed E-state index contributed by atoms with van der Waals surface area (Å²) >= 11 is 0. The first-order valence-corrected chi connectivity index (χ1v) is 10.2. The Hall–Kier alpha value is -1.44. The highest BCUT2D eigenvalue weighted by Gasteiger charge is 2.05. The van der Waals surface area contributed by atoms with E-state index in [0.717, 1.165) is 18.4 Å². The molecule has 0 aliphatic carbocycles. The maximum absolute atomic E-state index is 12.0. The molecule has 0 saturated carbocycles. The predicted octanol–water partition coefficient (Wildman–Crippen LogP) is 6.78. The van der Waals surface area contributed by atoms with Crippen LogP contribution >= 0.6 is 0 Å². The number of carbonyl (C=O) groups excluding carboxylic acids is 2. The van der Waals surface area contributed by atoms with E-state index in [1.807, 2.05) is 30.3 Å².